The molecule has 0 saturated heterocycles. The number of Topliss-reactive ketones (excluding diaryl/α,β-unsaturated/α-hetero) is 1. The lowest BCUT2D eigenvalue weighted by Gasteiger charge is -2.07. The van der Waals surface area contributed by atoms with Crippen molar-refractivity contribution in [2.24, 2.45) is 5.92 Å². The predicted molar refractivity (Wildman–Crippen MR) is 74.4 cm³/mol. The van der Waals surface area contributed by atoms with Gasteiger partial charge in [-0.2, -0.15) is 5.10 Å². The molecule has 2 N–H and O–H groups in total. The summed E-state index contributed by atoms with van der Waals surface area (Å²) in [6.45, 7) is 8.04. The molecule has 110 valence electrons. The number of ketones is 1. The number of hydrogen-bond acceptors (Lipinski definition) is 4. The lowest BCUT2D eigenvalue weighted by Crippen LogP contribution is -2.29. The van der Waals surface area contributed by atoms with Crippen LogP contribution in [0.15, 0.2) is 6.20 Å². The van der Waals surface area contributed by atoms with Gasteiger partial charge < -0.3 is 10.6 Å². The molecule has 0 saturated carbocycles. The summed E-state index contributed by atoms with van der Waals surface area (Å²) < 4.78 is 1.53. The number of nitrogens with zero attached hydrogens (tertiary/aromatic N) is 2. The van der Waals surface area contributed by atoms with Crippen LogP contribution < -0.4 is 10.6 Å². The first kappa shape index (κ1) is 15.9. The average Bonchev–Trinajstić information content (AvgIpc) is 2.78. The zero-order chi connectivity index (χ0) is 15.3. The fraction of sp³-hybridized carbons (Fsp3) is 0.538. The van der Waals surface area contributed by atoms with E-state index in [2.05, 4.69) is 15.7 Å². The first-order valence-corrected chi connectivity index (χ1v) is 6.52. The van der Waals surface area contributed by atoms with Gasteiger partial charge in [0.25, 0.3) is 11.8 Å². The molecule has 1 aromatic rings. The van der Waals surface area contributed by atoms with E-state index < -0.39 is 11.7 Å². The van der Waals surface area contributed by atoms with Gasteiger partial charge in [0.2, 0.25) is 5.78 Å². The van der Waals surface area contributed by atoms with E-state index in [0.717, 1.165) is 6.92 Å². The third-order valence-electron chi connectivity index (χ3n) is 2.54. The molecule has 1 rings (SSSR count). The fourth-order valence-corrected chi connectivity index (χ4v) is 1.43. The quantitative estimate of drug-likeness (QED) is 0.754. The van der Waals surface area contributed by atoms with Gasteiger partial charge in [-0.15, -0.1) is 0 Å². The van der Waals surface area contributed by atoms with Gasteiger partial charge in [0, 0.05) is 26.2 Å². The van der Waals surface area contributed by atoms with Crippen molar-refractivity contribution >= 4 is 23.3 Å². The van der Waals surface area contributed by atoms with Crippen LogP contribution >= 0.6 is 0 Å². The summed E-state index contributed by atoms with van der Waals surface area (Å²) in [5.74, 6) is -1.45. The number of carbonyl (C=O) groups is 3. The van der Waals surface area contributed by atoms with Crippen molar-refractivity contribution in [1.29, 1.82) is 0 Å². The molecule has 7 heteroatoms. The van der Waals surface area contributed by atoms with E-state index in [1.165, 1.54) is 10.9 Å². The Morgan fingerprint density at radius 3 is 2.50 bits per heavy atom. The summed E-state index contributed by atoms with van der Waals surface area (Å²) in [6.07, 6.45) is 1.53. The van der Waals surface area contributed by atoms with Crippen LogP contribution in [0.1, 0.15) is 38.2 Å². The Bertz CT molecular complexity index is 520. The zero-order valence-electron chi connectivity index (χ0n) is 12.2. The lowest BCUT2D eigenvalue weighted by molar-refractivity contribution is -0.133. The van der Waals surface area contributed by atoms with Crippen LogP contribution in [-0.4, -0.2) is 33.9 Å². The third kappa shape index (κ3) is 4.18. The van der Waals surface area contributed by atoms with E-state index in [1.807, 2.05) is 20.8 Å². The van der Waals surface area contributed by atoms with Gasteiger partial charge in [-0.3, -0.25) is 19.1 Å². The van der Waals surface area contributed by atoms with Crippen molar-refractivity contribution in [3.05, 3.63) is 11.9 Å². The maximum atomic E-state index is 12.0. The topological polar surface area (TPSA) is 93.1 Å². The van der Waals surface area contributed by atoms with Crippen molar-refractivity contribution in [3.8, 4) is 0 Å². The molecule has 0 aliphatic carbocycles. The van der Waals surface area contributed by atoms with E-state index in [4.69, 9.17) is 0 Å². The second-order valence-corrected chi connectivity index (χ2v) is 4.86. The highest BCUT2D eigenvalue weighted by atomic mass is 16.2. The summed E-state index contributed by atoms with van der Waals surface area (Å²) in [6, 6.07) is 0. The summed E-state index contributed by atoms with van der Waals surface area (Å²) >= 11 is 0. The van der Waals surface area contributed by atoms with Gasteiger partial charge in [0.05, 0.1) is 5.69 Å². The smallest absolute Gasteiger partial charge is 0.291 e. The minimum Gasteiger partial charge on any atom is -0.350 e. The Morgan fingerprint density at radius 2 is 2.00 bits per heavy atom. The van der Waals surface area contributed by atoms with Crippen molar-refractivity contribution < 1.29 is 14.4 Å². The van der Waals surface area contributed by atoms with Crippen LogP contribution in [0.4, 0.5) is 5.69 Å². The van der Waals surface area contributed by atoms with Crippen LogP contribution in [0.2, 0.25) is 0 Å². The molecule has 0 atom stereocenters. The van der Waals surface area contributed by atoms with Gasteiger partial charge in [0.1, 0.15) is 0 Å². The molecule has 0 unspecified atom stereocenters. The minimum atomic E-state index is -0.765. The molecule has 0 aliphatic heterocycles. The molecule has 0 aromatic carbocycles. The number of nitrogens with one attached hydrogen (secondary N) is 2. The largest absolute Gasteiger partial charge is 0.350 e. The summed E-state index contributed by atoms with van der Waals surface area (Å²) in [5.41, 5.74) is 0.357. The van der Waals surface area contributed by atoms with E-state index in [0.29, 0.717) is 19.0 Å². The zero-order valence-corrected chi connectivity index (χ0v) is 12.2. The van der Waals surface area contributed by atoms with Gasteiger partial charge in [-0.1, -0.05) is 13.8 Å². The first-order chi connectivity index (χ1) is 9.35. The molecule has 0 fully saturated rings. The van der Waals surface area contributed by atoms with Gasteiger partial charge in [-0.25, -0.2) is 0 Å². The van der Waals surface area contributed by atoms with Crippen molar-refractivity contribution in [1.82, 2.24) is 15.1 Å². The van der Waals surface area contributed by atoms with Gasteiger partial charge in [0.15, 0.2) is 5.69 Å². The van der Waals surface area contributed by atoms with Crippen LogP contribution in [-0.2, 0) is 16.1 Å². The Morgan fingerprint density at radius 1 is 1.35 bits per heavy atom. The molecule has 1 aromatic heterocycles. The molecule has 2 amide bonds. The number of carbonyl (C=O) groups excluding carboxylic acids is 3. The van der Waals surface area contributed by atoms with Gasteiger partial charge in [-0.05, 0) is 12.8 Å². The summed E-state index contributed by atoms with van der Waals surface area (Å²) in [7, 11) is 0. The SMILES string of the molecule is CCn1cc(NC(=O)C(C)=O)c(C(=O)NCC(C)C)n1. The van der Waals surface area contributed by atoms with E-state index >= 15 is 0 Å². The van der Waals surface area contributed by atoms with Crippen LogP contribution in [0, 0.1) is 5.92 Å². The lowest BCUT2D eigenvalue weighted by atomic mass is 10.2. The van der Waals surface area contributed by atoms with E-state index in [-0.39, 0.29) is 17.3 Å². The molecule has 20 heavy (non-hydrogen) atoms. The molecule has 7 nitrogen and oxygen atoms in total. The van der Waals surface area contributed by atoms with Crippen LogP contribution in [0.5, 0.6) is 0 Å². The standard InChI is InChI=1S/C13H20N4O3/c1-5-17-7-10(15-12(19)9(4)18)11(16-17)13(20)14-6-8(2)3/h7-8H,5-6H2,1-4H3,(H,14,20)(H,15,19). The number of rotatable bonds is 6. The highest BCUT2D eigenvalue weighted by molar-refractivity contribution is 6.40. The maximum absolute atomic E-state index is 12.0. The summed E-state index contributed by atoms with van der Waals surface area (Å²) in [4.78, 5) is 34.4. The normalized spacial score (nSPS) is 10.4. The Labute approximate surface area is 117 Å². The number of amides is 2. The number of aromatic nitrogens is 2. The van der Waals surface area contributed by atoms with Crippen molar-refractivity contribution in [2.75, 3.05) is 11.9 Å². The number of anilines is 1. The molecule has 0 bridgehead atoms. The molecule has 0 radical (unpaired) electrons. The second-order valence-electron chi connectivity index (χ2n) is 4.86. The van der Waals surface area contributed by atoms with Crippen LogP contribution in [0.25, 0.3) is 0 Å². The minimum absolute atomic E-state index is 0.113. The van der Waals surface area contributed by atoms with Crippen LogP contribution in [0.3, 0.4) is 0 Å². The molecule has 0 spiro atoms. The average molecular weight is 280 g/mol. The Balaban J connectivity index is 2.93. The van der Waals surface area contributed by atoms with Crippen molar-refractivity contribution in [3.63, 3.8) is 0 Å². The summed E-state index contributed by atoms with van der Waals surface area (Å²) in [5, 5.41) is 9.23. The Hall–Kier alpha value is -2.18. The maximum Gasteiger partial charge on any atom is 0.291 e. The fourth-order valence-electron chi connectivity index (χ4n) is 1.43. The first-order valence-electron chi connectivity index (χ1n) is 6.52. The predicted octanol–water partition coefficient (Wildman–Crippen LogP) is 0.816. The molecular formula is C13H20N4O3. The molecular weight excluding hydrogens is 260 g/mol. The highest BCUT2D eigenvalue weighted by Crippen LogP contribution is 2.14. The van der Waals surface area contributed by atoms with E-state index in [1.54, 1.807) is 0 Å². The van der Waals surface area contributed by atoms with Crippen molar-refractivity contribution in [2.45, 2.75) is 34.2 Å². The van der Waals surface area contributed by atoms with Gasteiger partial charge >= 0.3 is 0 Å². The third-order valence-corrected chi connectivity index (χ3v) is 2.54. The Kier molecular flexibility index (Phi) is 5.42. The molecule has 0 aliphatic rings. The number of aryl methyl sites for hydroxylation is 1. The highest BCUT2D eigenvalue weighted by Gasteiger charge is 2.19. The number of hydrogen-bond donors (Lipinski definition) is 2. The monoisotopic (exact) mass is 280 g/mol. The molecule has 1 heterocycles. The van der Waals surface area contributed by atoms with E-state index in [9.17, 15) is 14.4 Å². The second kappa shape index (κ2) is 6.83.